The molecule has 1 unspecified atom stereocenters. The molecule has 0 aromatic carbocycles. The van der Waals surface area contributed by atoms with Crippen LogP contribution >= 0.6 is 0 Å². The Balaban J connectivity index is 2.09. The van der Waals surface area contributed by atoms with Gasteiger partial charge in [0, 0.05) is 49.3 Å². The van der Waals surface area contributed by atoms with E-state index in [-0.39, 0.29) is 0 Å². The summed E-state index contributed by atoms with van der Waals surface area (Å²) in [6.07, 6.45) is 5.22. The average molecular weight is 275 g/mol. The fourth-order valence-electron chi connectivity index (χ4n) is 2.86. The van der Waals surface area contributed by atoms with Gasteiger partial charge < -0.3 is 10.2 Å². The first-order valence-electron chi connectivity index (χ1n) is 7.79. The zero-order valence-corrected chi connectivity index (χ0v) is 13.6. The Morgan fingerprint density at radius 3 is 2.75 bits per heavy atom. The number of pyridine rings is 1. The minimum absolute atomic E-state index is 0.401. The third-order valence-electron chi connectivity index (χ3n) is 4.33. The van der Waals surface area contributed by atoms with Gasteiger partial charge in [0.1, 0.15) is 0 Å². The molecule has 1 aliphatic heterocycles. The molecule has 2 rings (SSSR count). The van der Waals surface area contributed by atoms with E-state index in [4.69, 9.17) is 0 Å². The Hall–Kier alpha value is -1.09. The Kier molecular flexibility index (Phi) is 4.69. The molecule has 0 radical (unpaired) electrons. The molecule has 1 atom stereocenters. The van der Waals surface area contributed by atoms with Gasteiger partial charge in [0.25, 0.3) is 0 Å². The van der Waals surface area contributed by atoms with Crippen LogP contribution in [0.15, 0.2) is 18.5 Å². The molecule has 0 spiro atoms. The van der Waals surface area contributed by atoms with E-state index in [2.05, 4.69) is 55.9 Å². The Bertz CT molecular complexity index is 434. The molecule has 1 aromatic heterocycles. The molecule has 1 saturated heterocycles. The van der Waals surface area contributed by atoms with Crippen LogP contribution in [0, 0.1) is 11.3 Å². The quantitative estimate of drug-likeness (QED) is 0.912. The highest BCUT2D eigenvalue weighted by molar-refractivity contribution is 5.53. The van der Waals surface area contributed by atoms with Crippen LogP contribution in [0.1, 0.15) is 46.6 Å². The van der Waals surface area contributed by atoms with E-state index in [1.807, 2.05) is 12.4 Å². The van der Waals surface area contributed by atoms with E-state index in [1.165, 1.54) is 30.8 Å². The summed E-state index contributed by atoms with van der Waals surface area (Å²) in [5.41, 5.74) is 3.08. The van der Waals surface area contributed by atoms with Crippen LogP contribution in [0.5, 0.6) is 0 Å². The number of rotatable bonds is 4. The van der Waals surface area contributed by atoms with Crippen LogP contribution in [-0.4, -0.2) is 24.1 Å². The molecule has 0 bridgehead atoms. The molecular formula is C17H29N3. The van der Waals surface area contributed by atoms with Crippen LogP contribution in [0.25, 0.3) is 0 Å². The topological polar surface area (TPSA) is 28.2 Å². The van der Waals surface area contributed by atoms with Crippen molar-refractivity contribution in [2.24, 2.45) is 11.3 Å². The van der Waals surface area contributed by atoms with Gasteiger partial charge >= 0.3 is 0 Å². The van der Waals surface area contributed by atoms with Gasteiger partial charge in [-0.25, -0.2) is 0 Å². The Morgan fingerprint density at radius 1 is 1.40 bits per heavy atom. The van der Waals surface area contributed by atoms with Gasteiger partial charge in [-0.2, -0.15) is 0 Å². The second kappa shape index (κ2) is 6.13. The normalized spacial score (nSPS) is 19.9. The van der Waals surface area contributed by atoms with Gasteiger partial charge in [0.15, 0.2) is 0 Å². The number of hydrogen-bond donors (Lipinski definition) is 1. The summed E-state index contributed by atoms with van der Waals surface area (Å²) in [5, 5.41) is 3.50. The minimum Gasteiger partial charge on any atom is -0.371 e. The van der Waals surface area contributed by atoms with Crippen molar-refractivity contribution in [1.29, 1.82) is 0 Å². The van der Waals surface area contributed by atoms with Gasteiger partial charge in [-0.15, -0.1) is 0 Å². The van der Waals surface area contributed by atoms with Crippen molar-refractivity contribution < 1.29 is 0 Å². The summed E-state index contributed by atoms with van der Waals surface area (Å²) in [6, 6.07) is 2.67. The summed E-state index contributed by atoms with van der Waals surface area (Å²) in [4.78, 5) is 6.83. The SMILES string of the molecule is CC(C)NCc1cnccc1N1CCC(C(C)(C)C)C1. The van der Waals surface area contributed by atoms with Gasteiger partial charge in [-0.3, -0.25) is 4.98 Å². The Labute approximate surface area is 123 Å². The zero-order chi connectivity index (χ0) is 14.8. The van der Waals surface area contributed by atoms with Crippen molar-refractivity contribution in [2.45, 2.75) is 53.6 Å². The standard InChI is InChI=1S/C17H29N3/c1-13(2)19-11-14-10-18-8-6-16(14)20-9-7-15(12-20)17(3,4)5/h6,8,10,13,15,19H,7,9,11-12H2,1-5H3. The first-order valence-corrected chi connectivity index (χ1v) is 7.79. The molecule has 112 valence electrons. The van der Waals surface area contributed by atoms with E-state index in [9.17, 15) is 0 Å². The largest absolute Gasteiger partial charge is 0.371 e. The van der Waals surface area contributed by atoms with Crippen molar-refractivity contribution in [3.05, 3.63) is 24.0 Å². The lowest BCUT2D eigenvalue weighted by atomic mass is 9.80. The third kappa shape index (κ3) is 3.72. The highest BCUT2D eigenvalue weighted by Gasteiger charge is 2.32. The number of hydrogen-bond acceptors (Lipinski definition) is 3. The lowest BCUT2D eigenvalue weighted by Gasteiger charge is -2.28. The van der Waals surface area contributed by atoms with E-state index < -0.39 is 0 Å². The molecule has 3 heteroatoms. The summed E-state index contributed by atoms with van der Waals surface area (Å²) in [6.45, 7) is 14.7. The van der Waals surface area contributed by atoms with Crippen LogP contribution in [-0.2, 0) is 6.54 Å². The van der Waals surface area contributed by atoms with Crippen LogP contribution in [0.3, 0.4) is 0 Å². The average Bonchev–Trinajstić information content (AvgIpc) is 2.86. The van der Waals surface area contributed by atoms with Gasteiger partial charge in [-0.05, 0) is 23.8 Å². The summed E-state index contributed by atoms with van der Waals surface area (Å²) < 4.78 is 0. The van der Waals surface area contributed by atoms with Crippen LogP contribution in [0.4, 0.5) is 5.69 Å². The fourth-order valence-corrected chi connectivity index (χ4v) is 2.86. The second-order valence-electron chi connectivity index (χ2n) is 7.34. The number of nitrogens with one attached hydrogen (secondary N) is 1. The van der Waals surface area contributed by atoms with Crippen molar-refractivity contribution in [2.75, 3.05) is 18.0 Å². The predicted octanol–water partition coefficient (Wildman–Crippen LogP) is 3.45. The van der Waals surface area contributed by atoms with Crippen molar-refractivity contribution in [3.8, 4) is 0 Å². The first-order chi connectivity index (χ1) is 9.38. The molecule has 1 aromatic rings. The molecule has 3 nitrogen and oxygen atoms in total. The maximum atomic E-state index is 4.30. The van der Waals surface area contributed by atoms with Crippen LogP contribution < -0.4 is 10.2 Å². The third-order valence-corrected chi connectivity index (χ3v) is 4.33. The lowest BCUT2D eigenvalue weighted by Crippen LogP contribution is -2.28. The van der Waals surface area contributed by atoms with E-state index in [0.29, 0.717) is 11.5 Å². The van der Waals surface area contributed by atoms with Gasteiger partial charge in [-0.1, -0.05) is 34.6 Å². The maximum absolute atomic E-state index is 4.30. The second-order valence-corrected chi connectivity index (χ2v) is 7.34. The van der Waals surface area contributed by atoms with E-state index in [0.717, 1.165) is 12.5 Å². The highest BCUT2D eigenvalue weighted by Crippen LogP contribution is 2.36. The Morgan fingerprint density at radius 2 is 2.15 bits per heavy atom. The van der Waals surface area contributed by atoms with Gasteiger partial charge in [0.05, 0.1) is 0 Å². The molecule has 1 fully saturated rings. The molecular weight excluding hydrogens is 246 g/mol. The predicted molar refractivity (Wildman–Crippen MR) is 86.0 cm³/mol. The molecule has 1 N–H and O–H groups in total. The summed E-state index contributed by atoms with van der Waals surface area (Å²) in [7, 11) is 0. The fraction of sp³-hybridized carbons (Fsp3) is 0.706. The van der Waals surface area contributed by atoms with Crippen molar-refractivity contribution in [1.82, 2.24) is 10.3 Å². The summed E-state index contributed by atoms with van der Waals surface area (Å²) in [5.74, 6) is 0.779. The van der Waals surface area contributed by atoms with Gasteiger partial charge in [0.2, 0.25) is 0 Å². The number of aromatic nitrogens is 1. The van der Waals surface area contributed by atoms with E-state index >= 15 is 0 Å². The highest BCUT2D eigenvalue weighted by atomic mass is 15.2. The molecule has 0 aliphatic carbocycles. The summed E-state index contributed by atoms with van der Waals surface area (Å²) >= 11 is 0. The first kappa shape index (κ1) is 15.3. The van der Waals surface area contributed by atoms with Crippen molar-refractivity contribution in [3.63, 3.8) is 0 Å². The zero-order valence-electron chi connectivity index (χ0n) is 13.6. The minimum atomic E-state index is 0.401. The molecule has 1 aliphatic rings. The monoisotopic (exact) mass is 275 g/mol. The van der Waals surface area contributed by atoms with E-state index in [1.54, 1.807) is 0 Å². The lowest BCUT2D eigenvalue weighted by molar-refractivity contribution is 0.263. The van der Waals surface area contributed by atoms with Crippen LogP contribution in [0.2, 0.25) is 0 Å². The molecule has 0 saturated carbocycles. The smallest absolute Gasteiger partial charge is 0.0442 e. The molecule has 20 heavy (non-hydrogen) atoms. The number of anilines is 1. The van der Waals surface area contributed by atoms with Crippen molar-refractivity contribution >= 4 is 5.69 Å². The number of nitrogens with zero attached hydrogens (tertiary/aromatic N) is 2. The maximum Gasteiger partial charge on any atom is 0.0442 e. The molecule has 2 heterocycles. The molecule has 0 amide bonds.